The fourth-order valence-electron chi connectivity index (χ4n) is 4.79. The molecule has 1 saturated heterocycles. The van der Waals surface area contributed by atoms with Crippen molar-refractivity contribution in [1.29, 1.82) is 0 Å². The number of imidazole rings is 1. The highest BCUT2D eigenvalue weighted by Gasteiger charge is 2.31. The van der Waals surface area contributed by atoms with Crippen LogP contribution in [0.1, 0.15) is 61.8 Å². The van der Waals surface area contributed by atoms with E-state index in [9.17, 15) is 9.59 Å². The number of hydrogen-bond acceptors (Lipinski definition) is 6. The van der Waals surface area contributed by atoms with Crippen molar-refractivity contribution in [2.45, 2.75) is 67.0 Å². The molecule has 0 aliphatic carbocycles. The van der Waals surface area contributed by atoms with Crippen molar-refractivity contribution in [1.82, 2.24) is 18.9 Å². The van der Waals surface area contributed by atoms with E-state index in [0.29, 0.717) is 30.8 Å². The first kappa shape index (κ1) is 27.2. The minimum absolute atomic E-state index is 0.0428. The molecule has 0 aromatic carbocycles. The first-order valence-corrected chi connectivity index (χ1v) is 12.9. The second-order valence-corrected chi connectivity index (χ2v) is 11.1. The Morgan fingerprint density at radius 2 is 1.79 bits per heavy atom. The van der Waals surface area contributed by atoms with Crippen LogP contribution in [-0.2, 0) is 4.74 Å². The number of nitrogens with zero attached hydrogens (tertiary/aromatic N) is 6. The van der Waals surface area contributed by atoms with E-state index in [1.54, 1.807) is 9.47 Å². The van der Waals surface area contributed by atoms with Crippen molar-refractivity contribution in [3.05, 3.63) is 65.2 Å². The molecular formula is C29H38N6O3. The summed E-state index contributed by atoms with van der Waals surface area (Å²) in [5.74, 6) is -0.140. The van der Waals surface area contributed by atoms with Gasteiger partial charge in [-0.3, -0.25) is 9.36 Å². The zero-order valence-corrected chi connectivity index (χ0v) is 23.7. The molecule has 3 aromatic rings. The predicted molar refractivity (Wildman–Crippen MR) is 149 cm³/mol. The molecule has 1 amide bonds. The van der Waals surface area contributed by atoms with Gasteiger partial charge >= 0.3 is 6.09 Å². The summed E-state index contributed by atoms with van der Waals surface area (Å²) in [6.07, 6.45) is 5.46. The molecule has 1 aliphatic rings. The Bertz CT molecular complexity index is 1490. The summed E-state index contributed by atoms with van der Waals surface area (Å²) in [7, 11) is 0. The Morgan fingerprint density at radius 3 is 2.42 bits per heavy atom. The Balaban J connectivity index is 1.63. The number of aromatic nitrogens is 3. The lowest BCUT2D eigenvalue weighted by Crippen LogP contribution is -2.55. The zero-order valence-electron chi connectivity index (χ0n) is 23.7. The summed E-state index contributed by atoms with van der Waals surface area (Å²) in [4.78, 5) is 38.7. The van der Waals surface area contributed by atoms with E-state index in [2.05, 4.69) is 16.5 Å². The van der Waals surface area contributed by atoms with Crippen LogP contribution in [-0.4, -0.2) is 62.1 Å². The van der Waals surface area contributed by atoms with Gasteiger partial charge in [0, 0.05) is 56.8 Å². The lowest BCUT2D eigenvalue weighted by Gasteiger charge is -2.41. The summed E-state index contributed by atoms with van der Waals surface area (Å²) in [5.41, 5.74) is 6.06. The molecule has 0 N–H and O–H groups in total. The molecule has 0 saturated carbocycles. The van der Waals surface area contributed by atoms with Gasteiger partial charge in [-0.1, -0.05) is 6.58 Å². The van der Waals surface area contributed by atoms with Crippen LogP contribution in [0.5, 0.6) is 0 Å². The van der Waals surface area contributed by atoms with Gasteiger partial charge in [0.05, 0.1) is 17.1 Å². The molecule has 0 spiro atoms. The summed E-state index contributed by atoms with van der Waals surface area (Å²) in [6.45, 7) is 21.1. The maximum atomic E-state index is 12.7. The monoisotopic (exact) mass is 518 g/mol. The lowest BCUT2D eigenvalue weighted by molar-refractivity contribution is 0.0159. The Kier molecular flexibility index (Phi) is 7.23. The van der Waals surface area contributed by atoms with Crippen molar-refractivity contribution in [2.75, 3.05) is 24.5 Å². The number of hydrogen-bond donors (Lipinski definition) is 0. The number of anilines is 1. The van der Waals surface area contributed by atoms with Gasteiger partial charge < -0.3 is 18.9 Å². The van der Waals surface area contributed by atoms with Crippen LogP contribution in [0.4, 0.5) is 10.5 Å². The predicted octanol–water partition coefficient (Wildman–Crippen LogP) is 4.74. The molecule has 38 heavy (non-hydrogen) atoms. The van der Waals surface area contributed by atoms with Gasteiger partial charge in [0.2, 0.25) is 5.91 Å². The smallest absolute Gasteiger partial charge is 0.410 e. The number of pyridine rings is 2. The third kappa shape index (κ3) is 5.66. The third-order valence-corrected chi connectivity index (χ3v) is 6.60. The van der Waals surface area contributed by atoms with Crippen LogP contribution in [0.25, 0.3) is 11.3 Å². The highest BCUT2D eigenvalue weighted by molar-refractivity contribution is 5.77. The number of carbonyl (C=O) groups excluding carboxylic acids is 2. The van der Waals surface area contributed by atoms with Gasteiger partial charge in [0.25, 0.3) is 0 Å². The number of ether oxygens (including phenoxy) is 1. The van der Waals surface area contributed by atoms with Crippen LogP contribution < -0.4 is 10.4 Å². The minimum Gasteiger partial charge on any atom is -0.444 e. The minimum atomic E-state index is -0.538. The number of carbonyl (C=O) groups is 2. The molecule has 202 valence electrons. The molecule has 1 unspecified atom stereocenters. The van der Waals surface area contributed by atoms with E-state index in [1.807, 2.05) is 83.6 Å². The number of aryl methyl sites for hydroxylation is 3. The molecule has 1 atom stereocenters. The molecule has 4 rings (SSSR count). The van der Waals surface area contributed by atoms with Gasteiger partial charge in [-0.15, -0.1) is 0 Å². The summed E-state index contributed by atoms with van der Waals surface area (Å²) in [5, 5.41) is 0. The van der Waals surface area contributed by atoms with E-state index >= 15 is 0 Å². The number of fused-ring (bicyclic) bond motifs is 1. The fraction of sp³-hybridized carbons (Fsp3) is 0.448. The molecule has 9 heteroatoms. The molecule has 1 fully saturated rings. The lowest BCUT2D eigenvalue weighted by atomic mass is 10.1. The average molecular weight is 519 g/mol. The quantitative estimate of drug-likeness (QED) is 0.500. The number of amides is 1. The van der Waals surface area contributed by atoms with Crippen LogP contribution in [0, 0.1) is 20.8 Å². The Hall–Kier alpha value is -3.88. The highest BCUT2D eigenvalue weighted by atomic mass is 16.6. The second kappa shape index (κ2) is 10.1. The van der Waals surface area contributed by atoms with Gasteiger partial charge in [0.1, 0.15) is 16.7 Å². The SMILES string of the molecule is C=C(N=c1c(C)cc(N2CCN(C(=O)OC(C)(C)C)C(C)C2)cn1C(C)=O)c1cc(C)c2nc(C)cn2c1. The largest absolute Gasteiger partial charge is 0.444 e. The van der Waals surface area contributed by atoms with Crippen LogP contribution in [0.2, 0.25) is 0 Å². The normalized spacial score (nSPS) is 16.7. The van der Waals surface area contributed by atoms with Crippen molar-refractivity contribution >= 4 is 29.0 Å². The summed E-state index contributed by atoms with van der Waals surface area (Å²) >= 11 is 0. The molecule has 3 aromatic heterocycles. The van der Waals surface area contributed by atoms with Gasteiger partial charge in [0.15, 0.2) is 0 Å². The van der Waals surface area contributed by atoms with Crippen molar-refractivity contribution in [2.24, 2.45) is 4.99 Å². The maximum absolute atomic E-state index is 12.7. The van der Waals surface area contributed by atoms with E-state index < -0.39 is 5.60 Å². The van der Waals surface area contributed by atoms with Crippen molar-refractivity contribution in [3.8, 4) is 0 Å². The van der Waals surface area contributed by atoms with Crippen LogP contribution >= 0.6 is 0 Å². The van der Waals surface area contributed by atoms with Gasteiger partial charge in [-0.05, 0) is 71.7 Å². The molecule has 0 bridgehead atoms. The van der Waals surface area contributed by atoms with Crippen molar-refractivity contribution < 1.29 is 14.3 Å². The highest BCUT2D eigenvalue weighted by Crippen LogP contribution is 2.23. The number of rotatable bonds is 3. The molecule has 9 nitrogen and oxygen atoms in total. The van der Waals surface area contributed by atoms with Gasteiger partial charge in [-0.25, -0.2) is 14.8 Å². The second-order valence-electron chi connectivity index (χ2n) is 11.1. The first-order valence-electron chi connectivity index (χ1n) is 12.9. The molecule has 0 radical (unpaired) electrons. The van der Waals surface area contributed by atoms with Crippen molar-refractivity contribution in [3.63, 3.8) is 0 Å². The Morgan fingerprint density at radius 1 is 1.08 bits per heavy atom. The Labute approximate surface area is 224 Å². The average Bonchev–Trinajstić information content (AvgIpc) is 3.19. The molecular weight excluding hydrogens is 480 g/mol. The number of piperazine rings is 1. The summed E-state index contributed by atoms with van der Waals surface area (Å²) in [6, 6.07) is 4.01. The van der Waals surface area contributed by atoms with E-state index in [1.165, 1.54) is 6.92 Å². The van der Waals surface area contributed by atoms with Crippen LogP contribution in [0.3, 0.4) is 0 Å². The van der Waals surface area contributed by atoms with E-state index in [-0.39, 0.29) is 18.0 Å². The molecule has 1 aliphatic heterocycles. The fourth-order valence-corrected chi connectivity index (χ4v) is 4.79. The molecule has 4 heterocycles. The summed E-state index contributed by atoms with van der Waals surface area (Å²) < 4.78 is 9.13. The third-order valence-electron chi connectivity index (χ3n) is 6.60. The van der Waals surface area contributed by atoms with E-state index in [4.69, 9.17) is 9.73 Å². The standard InChI is InChI=1S/C29H38N6O3/c1-18-12-24(16-33-14-20(3)30-26(18)33)22(5)31-27-19(2)13-25(17-35(27)23(6)36)32-10-11-34(21(4)15-32)28(37)38-29(7,8)9/h12-14,16-17,21H,5,10-11,15H2,1-4,6-9H3. The zero-order chi connectivity index (χ0) is 27.9. The van der Waals surface area contributed by atoms with Gasteiger partial charge in [-0.2, -0.15) is 0 Å². The topological polar surface area (TPSA) is 84.4 Å². The maximum Gasteiger partial charge on any atom is 0.410 e. The first-order chi connectivity index (χ1) is 17.7. The van der Waals surface area contributed by atoms with Crippen LogP contribution in [0.15, 0.2) is 42.3 Å². The van der Waals surface area contributed by atoms with E-state index in [0.717, 1.165) is 33.7 Å².